The molecule has 0 aliphatic carbocycles. The molecule has 22 rings (SSSR count). The van der Waals surface area contributed by atoms with Crippen LogP contribution in [0.25, 0.3) is 146 Å². The van der Waals surface area contributed by atoms with E-state index in [-0.39, 0.29) is 0 Å². The Morgan fingerprint density at radius 2 is 0.414 bits per heavy atom. The average Bonchev–Trinajstić information content (AvgIpc) is 1.21. The van der Waals surface area contributed by atoms with Crippen molar-refractivity contribution in [1.29, 1.82) is 0 Å². The topological polar surface area (TPSA) is 87.2 Å². The molecule has 22 aromatic rings. The first kappa shape index (κ1) is 79.8. The summed E-state index contributed by atoms with van der Waals surface area (Å²) in [6.07, 6.45) is 0. The van der Waals surface area contributed by atoms with Gasteiger partial charge in [-0.15, -0.1) is 0 Å². The molecular formula is C118H88Ge2N8. The van der Waals surface area contributed by atoms with Crippen LogP contribution in [0.15, 0.2) is 461 Å². The molecule has 18 aromatic carbocycles. The Morgan fingerprint density at radius 3 is 0.727 bits per heavy atom. The van der Waals surface area contributed by atoms with Crippen LogP contribution in [-0.4, -0.2) is 65.6 Å². The first-order valence-electron chi connectivity index (χ1n) is 43.7. The van der Waals surface area contributed by atoms with Crippen molar-refractivity contribution in [2.45, 2.75) is 27.7 Å². The third-order valence-electron chi connectivity index (χ3n) is 25.0. The molecule has 0 aliphatic heterocycles. The molecule has 0 bridgehead atoms. The van der Waals surface area contributed by atoms with Crippen molar-refractivity contribution in [2.75, 3.05) is 0 Å². The van der Waals surface area contributed by atoms with Gasteiger partial charge in [0.2, 0.25) is 0 Å². The number of aryl methyl sites for hydroxylation is 4. The van der Waals surface area contributed by atoms with Crippen molar-refractivity contribution in [3.8, 4) is 102 Å². The van der Waals surface area contributed by atoms with Gasteiger partial charge in [-0.2, -0.15) is 0 Å². The second-order valence-electron chi connectivity index (χ2n) is 33.1. The molecule has 608 valence electrons. The van der Waals surface area contributed by atoms with E-state index in [9.17, 15) is 0 Å². The van der Waals surface area contributed by atoms with Gasteiger partial charge in [-0.25, -0.2) is 0 Å². The molecule has 10 heteroatoms. The van der Waals surface area contributed by atoms with Crippen LogP contribution in [0.3, 0.4) is 0 Å². The Labute approximate surface area is 751 Å². The van der Waals surface area contributed by atoms with Crippen molar-refractivity contribution >= 4 is 105 Å². The van der Waals surface area contributed by atoms with Crippen LogP contribution in [0.4, 0.5) is 0 Å². The first-order valence-corrected chi connectivity index (χ1v) is 52.1. The van der Waals surface area contributed by atoms with Gasteiger partial charge < -0.3 is 0 Å². The van der Waals surface area contributed by atoms with Crippen LogP contribution in [-0.2, 0) is 0 Å². The number of hydrogen-bond donors (Lipinski definition) is 0. The summed E-state index contributed by atoms with van der Waals surface area (Å²) in [4.78, 5) is 31.3. The van der Waals surface area contributed by atoms with Crippen LogP contribution in [0.5, 0.6) is 0 Å². The summed E-state index contributed by atoms with van der Waals surface area (Å²) in [5.41, 5.74) is 21.6. The number of aromatic nitrogens is 8. The number of hydrogen-bond acceptors (Lipinski definition) is 6. The molecule has 0 aliphatic rings. The Balaban J connectivity index is 0.000000156. The van der Waals surface area contributed by atoms with E-state index in [2.05, 4.69) is 425 Å². The zero-order valence-electron chi connectivity index (χ0n) is 71.5. The van der Waals surface area contributed by atoms with E-state index in [4.69, 9.17) is 29.9 Å². The molecule has 0 saturated heterocycles. The molecule has 0 saturated carbocycles. The van der Waals surface area contributed by atoms with Gasteiger partial charge in [0.1, 0.15) is 0 Å². The minimum absolute atomic E-state index is 0.613. The van der Waals surface area contributed by atoms with Crippen molar-refractivity contribution in [1.82, 2.24) is 39.0 Å². The summed E-state index contributed by atoms with van der Waals surface area (Å²) < 4.78 is 15.9. The molecule has 0 radical (unpaired) electrons. The standard InChI is InChI=1S/2C59H44GeN4/c1-41-32-36-54-51(38-41)52-39-42(2)33-37-55(52)64(54)56-40-45(34-35-50(56)59-62-57(43-20-8-3-9-21-43)61-58(63-59)44-22-10-4-11-23-44)49-30-18-19-31-53(49)60(46-24-12-5-13-25-46,47-26-14-6-15-27-47)48-28-16-7-17-29-48;1-41-28-36-54-52(38-41)53-39-42(2)29-37-55(53)64(54)56-40-46(32-35-51(56)59-62-57(44-18-8-3-9-19-44)61-58(63-59)45-20-10-4-11-21-45)43-30-33-50(34-31-43)60(47-22-12-5-13-23-47,48-24-14-6-15-25-48)49-26-16-7-17-27-49/h2*3-40H,1-2H3. The van der Waals surface area contributed by atoms with E-state index in [1.54, 1.807) is 0 Å². The van der Waals surface area contributed by atoms with E-state index in [1.807, 2.05) is 72.8 Å². The second-order valence-corrected chi connectivity index (χ2v) is 49.0. The fourth-order valence-electron chi connectivity index (χ4n) is 19.1. The Kier molecular flexibility index (Phi) is 21.6. The average molecular weight is 1760 g/mol. The Hall–Kier alpha value is -15.3. The summed E-state index contributed by atoms with van der Waals surface area (Å²) in [5, 5.41) is 4.87. The number of rotatable bonds is 18. The molecule has 0 amide bonds. The van der Waals surface area contributed by atoms with E-state index in [0.717, 1.165) is 83.5 Å². The number of nitrogens with zero attached hydrogens (tertiary/aromatic N) is 8. The second kappa shape index (κ2) is 34.6. The molecule has 4 heterocycles. The van der Waals surface area contributed by atoms with Crippen LogP contribution in [0.2, 0.25) is 0 Å². The first-order chi connectivity index (χ1) is 63.1. The van der Waals surface area contributed by atoms with Crippen LogP contribution in [0.1, 0.15) is 22.3 Å². The zero-order valence-corrected chi connectivity index (χ0v) is 75.7. The monoisotopic (exact) mass is 1760 g/mol. The number of fused-ring (bicyclic) bond motifs is 6. The van der Waals surface area contributed by atoms with Gasteiger partial charge in [0.25, 0.3) is 0 Å². The summed E-state index contributed by atoms with van der Waals surface area (Å²) in [6, 6.07) is 167. The molecular weight excluding hydrogens is 1670 g/mol. The predicted octanol–water partition coefficient (Wildman–Crippen LogP) is 23.3. The van der Waals surface area contributed by atoms with Crippen molar-refractivity contribution in [3.63, 3.8) is 0 Å². The van der Waals surface area contributed by atoms with Gasteiger partial charge in [-0.3, -0.25) is 0 Å². The molecule has 4 aromatic heterocycles. The molecule has 0 unspecified atom stereocenters. The molecule has 0 atom stereocenters. The third kappa shape index (κ3) is 14.8. The normalized spacial score (nSPS) is 11.6. The summed E-state index contributed by atoms with van der Waals surface area (Å²) in [5.74, 6) is 3.75. The van der Waals surface area contributed by atoms with Crippen LogP contribution in [0, 0.1) is 27.7 Å². The van der Waals surface area contributed by atoms with Crippen LogP contribution >= 0.6 is 0 Å². The maximum atomic E-state index is 5.31. The molecule has 0 spiro atoms. The van der Waals surface area contributed by atoms with E-state index in [1.165, 1.54) is 84.5 Å². The van der Waals surface area contributed by atoms with Crippen molar-refractivity contribution in [2.24, 2.45) is 0 Å². The molecule has 0 fully saturated rings. The zero-order chi connectivity index (χ0) is 86.1. The number of benzene rings is 18. The Morgan fingerprint density at radius 1 is 0.172 bits per heavy atom. The summed E-state index contributed by atoms with van der Waals surface area (Å²) in [7, 11) is 0. The minimum atomic E-state index is -3.71. The van der Waals surface area contributed by atoms with Gasteiger partial charge in [0.05, 0.1) is 0 Å². The SMILES string of the molecule is Cc1ccc2c(c1)c1cc(C)ccc1n2-c1cc(-c2cc[c]([Ge]([c]3ccccc3)([c]3ccccc3)[c]3ccccc3)cc2)ccc1-c1nc(-c2ccccc2)nc(-c2ccccc2)n1.Cc1ccc2c(c1)c1cc(C)ccc1n2-c1cc(-c2cccc[c]2[Ge]([c]2ccccc2)([c]2ccccc2)[c]2ccccc2)ccc1-c1nc(-c2ccccc2)nc(-c2ccccc2)n1. The summed E-state index contributed by atoms with van der Waals surface area (Å²) >= 11 is -7.16. The maximum absolute atomic E-state index is 5.31. The predicted molar refractivity (Wildman–Crippen MR) is 538 cm³/mol. The fraction of sp³-hybridized carbons (Fsp3) is 0.0339. The molecule has 128 heavy (non-hydrogen) atoms. The van der Waals surface area contributed by atoms with E-state index in [0.29, 0.717) is 34.9 Å². The Bertz CT molecular complexity index is 7370. The quantitative estimate of drug-likeness (QED) is 0.0796. The molecule has 0 N–H and O–H groups in total. The van der Waals surface area contributed by atoms with E-state index >= 15 is 0 Å². The fourth-order valence-corrected chi connectivity index (χ4v) is 39.5. The van der Waals surface area contributed by atoms with Gasteiger partial charge in [0.15, 0.2) is 0 Å². The van der Waals surface area contributed by atoms with E-state index < -0.39 is 26.5 Å². The molecule has 8 nitrogen and oxygen atoms in total. The van der Waals surface area contributed by atoms with Crippen molar-refractivity contribution < 1.29 is 0 Å². The third-order valence-corrected chi connectivity index (χ3v) is 45.3. The van der Waals surface area contributed by atoms with Gasteiger partial charge in [-0.05, 0) is 13.8 Å². The van der Waals surface area contributed by atoms with Crippen molar-refractivity contribution in [3.05, 3.63) is 483 Å². The van der Waals surface area contributed by atoms with Gasteiger partial charge >= 0.3 is 671 Å². The van der Waals surface area contributed by atoms with Gasteiger partial charge in [-0.1, -0.05) is 72.8 Å². The van der Waals surface area contributed by atoms with Crippen LogP contribution < -0.4 is 35.2 Å². The summed E-state index contributed by atoms with van der Waals surface area (Å²) in [6.45, 7) is 8.68. The van der Waals surface area contributed by atoms with Gasteiger partial charge in [0, 0.05) is 0 Å².